The average Bonchev–Trinajstić information content (AvgIpc) is 3.47. The Balaban J connectivity index is 1.77. The number of hydrogen-bond donors (Lipinski definition) is 1. The molecule has 1 spiro atoms. The fourth-order valence-corrected chi connectivity index (χ4v) is 6.82. The number of carbonyl (C=O) groups is 3. The van der Waals surface area contributed by atoms with Crippen molar-refractivity contribution in [1.82, 2.24) is 14.7 Å². The van der Waals surface area contributed by atoms with Crippen LogP contribution in [0.2, 0.25) is 0 Å². The molecule has 6 atom stereocenters. The van der Waals surface area contributed by atoms with Gasteiger partial charge in [-0.05, 0) is 46.1 Å². The predicted octanol–water partition coefficient (Wildman–Crippen LogP) is 2.77. The summed E-state index contributed by atoms with van der Waals surface area (Å²) in [6.07, 6.45) is 4.41. The first-order valence-corrected chi connectivity index (χ1v) is 13.5. The van der Waals surface area contributed by atoms with Gasteiger partial charge in [0.15, 0.2) is 0 Å². The Morgan fingerprint density at radius 2 is 1.79 bits per heavy atom. The van der Waals surface area contributed by atoms with Gasteiger partial charge in [-0.1, -0.05) is 42.5 Å². The molecular weight excluding hydrogens is 482 g/mol. The van der Waals surface area contributed by atoms with E-state index < -0.39 is 35.1 Å². The highest BCUT2D eigenvalue weighted by Gasteiger charge is 2.78. The molecular formula is C30H41N3O5. The van der Waals surface area contributed by atoms with Crippen LogP contribution in [0.15, 0.2) is 55.6 Å². The number of ether oxygens (including phenoxy) is 1. The Hall–Kier alpha value is -2.97. The molecule has 8 nitrogen and oxygen atoms in total. The molecule has 0 aromatic heterocycles. The van der Waals surface area contributed by atoms with Gasteiger partial charge >= 0.3 is 0 Å². The van der Waals surface area contributed by atoms with Crippen LogP contribution in [0.5, 0.6) is 0 Å². The van der Waals surface area contributed by atoms with E-state index in [1.54, 1.807) is 28.9 Å². The first kappa shape index (κ1) is 28.0. The standard InChI is InChI=1S/C30H41N3O5/c1-7-16-31(18-22-12-10-9-11-13-22)26(35)23-24-27(36)33(21(5)19-34)25(28(37)32(17-8-2)20(3)4)30(24)15-14-29(23,6)38-30/h7-13,20-21,23-25,34H,1-2,14-19H2,3-6H3/t21-,23+,24+,25?,29-,30?/m1/s1. The molecule has 4 rings (SSSR count). The van der Waals surface area contributed by atoms with E-state index in [0.717, 1.165) is 5.56 Å². The second-order valence-electron chi connectivity index (χ2n) is 11.4. The lowest BCUT2D eigenvalue weighted by molar-refractivity contribution is -0.157. The third-order valence-corrected chi connectivity index (χ3v) is 8.56. The van der Waals surface area contributed by atoms with Gasteiger partial charge in [0.1, 0.15) is 11.6 Å². The molecule has 3 fully saturated rings. The van der Waals surface area contributed by atoms with Crippen molar-refractivity contribution < 1.29 is 24.2 Å². The molecule has 2 unspecified atom stereocenters. The molecule has 0 saturated carbocycles. The summed E-state index contributed by atoms with van der Waals surface area (Å²) in [5.41, 5.74) is -1.03. The normalized spacial score (nSPS) is 30.3. The van der Waals surface area contributed by atoms with Gasteiger partial charge in [-0.2, -0.15) is 0 Å². The van der Waals surface area contributed by atoms with Gasteiger partial charge in [-0.3, -0.25) is 14.4 Å². The minimum Gasteiger partial charge on any atom is -0.394 e. The number of likely N-dealkylation sites (tertiary alicyclic amines) is 1. The molecule has 0 radical (unpaired) electrons. The van der Waals surface area contributed by atoms with Gasteiger partial charge < -0.3 is 24.5 Å². The number of aliphatic hydroxyl groups is 1. The number of aliphatic hydroxyl groups excluding tert-OH is 1. The van der Waals surface area contributed by atoms with Crippen molar-refractivity contribution in [2.45, 2.75) is 76.4 Å². The van der Waals surface area contributed by atoms with Gasteiger partial charge in [-0.15, -0.1) is 13.2 Å². The summed E-state index contributed by atoms with van der Waals surface area (Å²) in [4.78, 5) is 47.5. The van der Waals surface area contributed by atoms with E-state index >= 15 is 0 Å². The van der Waals surface area contributed by atoms with E-state index in [1.807, 2.05) is 51.1 Å². The molecule has 1 N–H and O–H groups in total. The zero-order chi connectivity index (χ0) is 27.8. The van der Waals surface area contributed by atoms with Gasteiger partial charge in [0, 0.05) is 25.7 Å². The van der Waals surface area contributed by atoms with Crippen molar-refractivity contribution in [3.63, 3.8) is 0 Å². The molecule has 3 aliphatic rings. The van der Waals surface area contributed by atoms with Crippen LogP contribution in [0, 0.1) is 11.8 Å². The summed E-state index contributed by atoms with van der Waals surface area (Å²) in [6, 6.07) is 8.05. The third kappa shape index (κ3) is 4.37. The SMILES string of the molecule is C=CCN(Cc1ccccc1)C(=O)[C@@H]1[C@H]2C(=O)N([C@H](C)CO)C(C(=O)N(CC=C)C(C)C)C23CC[C@@]1(C)O3. The fraction of sp³-hybridized carbons (Fsp3) is 0.567. The summed E-state index contributed by atoms with van der Waals surface area (Å²) in [5.74, 6) is -2.26. The van der Waals surface area contributed by atoms with Crippen LogP contribution in [0.25, 0.3) is 0 Å². The number of carbonyl (C=O) groups excluding carboxylic acids is 3. The zero-order valence-corrected chi connectivity index (χ0v) is 23.0. The molecule has 3 aliphatic heterocycles. The van der Waals surface area contributed by atoms with Gasteiger partial charge in [0.25, 0.3) is 0 Å². The molecule has 3 saturated heterocycles. The monoisotopic (exact) mass is 523 g/mol. The van der Waals surface area contributed by atoms with Crippen molar-refractivity contribution >= 4 is 17.7 Å². The summed E-state index contributed by atoms with van der Waals surface area (Å²) >= 11 is 0. The highest BCUT2D eigenvalue weighted by Crippen LogP contribution is 2.63. The van der Waals surface area contributed by atoms with Crippen LogP contribution in [0.3, 0.4) is 0 Å². The Kier molecular flexibility index (Phi) is 7.86. The number of hydrogen-bond acceptors (Lipinski definition) is 5. The molecule has 0 aliphatic carbocycles. The van der Waals surface area contributed by atoms with E-state index in [4.69, 9.17) is 4.74 Å². The van der Waals surface area contributed by atoms with Gasteiger partial charge in [-0.25, -0.2) is 0 Å². The number of rotatable bonds is 11. The largest absolute Gasteiger partial charge is 0.394 e. The smallest absolute Gasteiger partial charge is 0.248 e. The quantitative estimate of drug-likeness (QED) is 0.451. The summed E-state index contributed by atoms with van der Waals surface area (Å²) in [7, 11) is 0. The van der Waals surface area contributed by atoms with Crippen molar-refractivity contribution in [3.05, 3.63) is 61.2 Å². The lowest BCUT2D eigenvalue weighted by Crippen LogP contribution is -2.59. The van der Waals surface area contributed by atoms with Crippen molar-refractivity contribution in [1.29, 1.82) is 0 Å². The Morgan fingerprint density at radius 1 is 1.13 bits per heavy atom. The lowest BCUT2D eigenvalue weighted by atomic mass is 9.66. The number of benzene rings is 1. The first-order valence-electron chi connectivity index (χ1n) is 13.5. The average molecular weight is 524 g/mol. The van der Waals surface area contributed by atoms with E-state index in [2.05, 4.69) is 13.2 Å². The van der Waals surface area contributed by atoms with E-state index in [9.17, 15) is 19.5 Å². The maximum atomic E-state index is 14.3. The molecule has 8 heteroatoms. The summed E-state index contributed by atoms with van der Waals surface area (Å²) in [6.45, 7) is 15.9. The minimum atomic E-state index is -1.13. The van der Waals surface area contributed by atoms with Crippen LogP contribution in [-0.2, 0) is 25.7 Å². The van der Waals surface area contributed by atoms with Crippen LogP contribution >= 0.6 is 0 Å². The van der Waals surface area contributed by atoms with Crippen LogP contribution < -0.4 is 0 Å². The number of fused-ring (bicyclic) bond motifs is 1. The van der Waals surface area contributed by atoms with Crippen LogP contribution in [0.1, 0.15) is 46.1 Å². The topological polar surface area (TPSA) is 90.4 Å². The van der Waals surface area contributed by atoms with Gasteiger partial charge in [0.05, 0.1) is 30.1 Å². The number of nitrogens with zero attached hydrogens (tertiary/aromatic N) is 3. The molecule has 3 heterocycles. The maximum absolute atomic E-state index is 14.3. The fourth-order valence-electron chi connectivity index (χ4n) is 6.82. The van der Waals surface area contributed by atoms with Crippen LogP contribution in [0.4, 0.5) is 0 Å². The second-order valence-corrected chi connectivity index (χ2v) is 11.4. The molecule has 3 amide bonds. The molecule has 2 bridgehead atoms. The first-order chi connectivity index (χ1) is 18.1. The predicted molar refractivity (Wildman–Crippen MR) is 145 cm³/mol. The lowest BCUT2D eigenvalue weighted by Gasteiger charge is -2.39. The van der Waals surface area contributed by atoms with E-state index in [1.165, 1.54) is 4.90 Å². The second kappa shape index (κ2) is 10.7. The highest BCUT2D eigenvalue weighted by atomic mass is 16.5. The molecule has 38 heavy (non-hydrogen) atoms. The maximum Gasteiger partial charge on any atom is 0.248 e. The van der Waals surface area contributed by atoms with Gasteiger partial charge in [0.2, 0.25) is 17.7 Å². The summed E-state index contributed by atoms with van der Waals surface area (Å²) in [5, 5.41) is 10.1. The van der Waals surface area contributed by atoms with Crippen LogP contribution in [-0.4, -0.2) is 86.6 Å². The van der Waals surface area contributed by atoms with E-state index in [0.29, 0.717) is 32.5 Å². The molecule has 1 aromatic rings. The van der Waals surface area contributed by atoms with Crippen molar-refractivity contribution in [2.75, 3.05) is 19.7 Å². The third-order valence-electron chi connectivity index (χ3n) is 8.56. The minimum absolute atomic E-state index is 0.127. The van der Waals surface area contributed by atoms with E-state index in [-0.39, 0.29) is 30.4 Å². The molecule has 1 aromatic carbocycles. The zero-order valence-electron chi connectivity index (χ0n) is 23.0. The summed E-state index contributed by atoms with van der Waals surface area (Å²) < 4.78 is 6.73. The van der Waals surface area contributed by atoms with Crippen molar-refractivity contribution in [2.24, 2.45) is 11.8 Å². The number of amides is 3. The van der Waals surface area contributed by atoms with Crippen molar-refractivity contribution in [3.8, 4) is 0 Å². The molecule has 206 valence electrons. The Morgan fingerprint density at radius 3 is 2.37 bits per heavy atom. The Labute approximate surface area is 225 Å². The highest BCUT2D eigenvalue weighted by molar-refractivity contribution is 5.99. The Bertz CT molecular complexity index is 1090.